The van der Waals surface area contributed by atoms with Crippen LogP contribution in [-0.4, -0.2) is 33.6 Å². The molecule has 0 spiro atoms. The van der Waals surface area contributed by atoms with E-state index >= 15 is 0 Å². The van der Waals surface area contributed by atoms with E-state index < -0.39 is 0 Å². The number of hydrogen-bond donors (Lipinski definition) is 2. The standard InChI is InChI=1S/C24H21BrCl3N5O/c25-17-14-31-33-22(13-21(32-24(17)33)16-5-1-2-6-18(16)26)29-9-3-4-10-30-23(34)12-15-7-8-19(27)20(28)11-15/h1-2,5-8,11,13-14,29H,3-4,9-10,12H2,(H,30,34). The van der Waals surface area contributed by atoms with Gasteiger partial charge in [-0.05, 0) is 52.5 Å². The monoisotopic (exact) mass is 579 g/mol. The molecule has 10 heteroatoms. The minimum atomic E-state index is -0.0482. The Morgan fingerprint density at radius 3 is 2.56 bits per heavy atom. The molecule has 0 aliphatic heterocycles. The number of carbonyl (C=O) groups excluding carboxylic acids is 1. The van der Waals surface area contributed by atoms with Gasteiger partial charge in [-0.3, -0.25) is 4.79 Å². The van der Waals surface area contributed by atoms with Crippen LogP contribution in [0.25, 0.3) is 16.9 Å². The summed E-state index contributed by atoms with van der Waals surface area (Å²) < 4.78 is 2.55. The molecule has 0 saturated heterocycles. The summed E-state index contributed by atoms with van der Waals surface area (Å²) in [6, 6.07) is 14.8. The van der Waals surface area contributed by atoms with E-state index in [9.17, 15) is 4.79 Å². The van der Waals surface area contributed by atoms with Gasteiger partial charge in [0.05, 0.1) is 32.8 Å². The third-order valence-corrected chi connectivity index (χ3v) is 6.79. The second-order valence-electron chi connectivity index (χ2n) is 7.64. The number of benzene rings is 2. The maximum Gasteiger partial charge on any atom is 0.224 e. The molecular weight excluding hydrogens is 561 g/mol. The predicted molar refractivity (Wildman–Crippen MR) is 142 cm³/mol. The van der Waals surface area contributed by atoms with E-state index in [1.165, 1.54) is 0 Å². The molecule has 0 fully saturated rings. The van der Waals surface area contributed by atoms with Crippen LogP contribution in [0, 0.1) is 0 Å². The van der Waals surface area contributed by atoms with E-state index in [4.69, 9.17) is 39.8 Å². The maximum absolute atomic E-state index is 12.2. The normalized spacial score (nSPS) is 11.1. The molecule has 0 radical (unpaired) electrons. The molecule has 0 bridgehead atoms. The topological polar surface area (TPSA) is 71.3 Å². The van der Waals surface area contributed by atoms with Crippen molar-refractivity contribution < 1.29 is 4.79 Å². The van der Waals surface area contributed by atoms with E-state index in [1.807, 2.05) is 30.3 Å². The van der Waals surface area contributed by atoms with E-state index in [-0.39, 0.29) is 12.3 Å². The summed E-state index contributed by atoms with van der Waals surface area (Å²) in [7, 11) is 0. The van der Waals surface area contributed by atoms with Gasteiger partial charge in [-0.25, -0.2) is 4.98 Å². The molecule has 0 aliphatic carbocycles. The van der Waals surface area contributed by atoms with E-state index in [1.54, 1.807) is 28.9 Å². The highest BCUT2D eigenvalue weighted by Crippen LogP contribution is 2.30. The molecule has 2 N–H and O–H groups in total. The number of halogens is 4. The lowest BCUT2D eigenvalue weighted by atomic mass is 10.1. The van der Waals surface area contributed by atoms with Crippen LogP contribution in [0.5, 0.6) is 0 Å². The highest BCUT2D eigenvalue weighted by atomic mass is 79.9. The van der Waals surface area contributed by atoms with Gasteiger partial charge < -0.3 is 10.6 Å². The molecule has 0 saturated carbocycles. The number of unbranched alkanes of at least 4 members (excludes halogenated alkanes) is 1. The first-order valence-corrected chi connectivity index (χ1v) is 12.6. The summed E-state index contributed by atoms with van der Waals surface area (Å²) in [5, 5.41) is 12.3. The van der Waals surface area contributed by atoms with Crippen molar-refractivity contribution in [2.75, 3.05) is 18.4 Å². The number of rotatable bonds is 9. The molecule has 0 unspecified atom stereocenters. The van der Waals surface area contributed by atoms with Crippen molar-refractivity contribution in [3.8, 4) is 11.3 Å². The first kappa shape index (κ1) is 24.8. The lowest BCUT2D eigenvalue weighted by molar-refractivity contribution is -0.120. The first-order valence-electron chi connectivity index (χ1n) is 10.7. The van der Waals surface area contributed by atoms with Gasteiger partial charge in [0.2, 0.25) is 5.91 Å². The van der Waals surface area contributed by atoms with Gasteiger partial charge in [-0.1, -0.05) is 59.1 Å². The number of nitrogens with zero attached hydrogens (tertiary/aromatic N) is 3. The number of hydrogen-bond acceptors (Lipinski definition) is 4. The van der Waals surface area contributed by atoms with Gasteiger partial charge >= 0.3 is 0 Å². The molecule has 176 valence electrons. The fraction of sp³-hybridized carbons (Fsp3) is 0.208. The smallest absolute Gasteiger partial charge is 0.224 e. The summed E-state index contributed by atoms with van der Waals surface area (Å²) >= 11 is 21.8. The molecule has 2 aromatic heterocycles. The van der Waals surface area contributed by atoms with Crippen LogP contribution < -0.4 is 10.6 Å². The summed E-state index contributed by atoms with van der Waals surface area (Å²) in [6.45, 7) is 1.30. The van der Waals surface area contributed by atoms with Crippen LogP contribution in [0.4, 0.5) is 5.82 Å². The molecule has 34 heavy (non-hydrogen) atoms. The number of anilines is 1. The van der Waals surface area contributed by atoms with Crippen LogP contribution in [0.15, 0.2) is 59.2 Å². The Hall–Kier alpha value is -2.32. The first-order chi connectivity index (χ1) is 16.4. The Kier molecular flexibility index (Phi) is 8.32. The van der Waals surface area contributed by atoms with Crippen molar-refractivity contribution in [3.63, 3.8) is 0 Å². The number of fused-ring (bicyclic) bond motifs is 1. The molecular formula is C24H21BrCl3N5O. The molecule has 4 rings (SSSR count). The maximum atomic E-state index is 12.2. The lowest BCUT2D eigenvalue weighted by Crippen LogP contribution is -2.26. The molecule has 6 nitrogen and oxygen atoms in total. The van der Waals surface area contributed by atoms with E-state index in [0.29, 0.717) is 33.8 Å². The van der Waals surface area contributed by atoms with Gasteiger partial charge in [0.25, 0.3) is 0 Å². The average Bonchev–Trinajstić information content (AvgIpc) is 3.19. The Morgan fingerprint density at radius 1 is 0.971 bits per heavy atom. The largest absolute Gasteiger partial charge is 0.370 e. The van der Waals surface area contributed by atoms with Crippen molar-refractivity contribution in [1.29, 1.82) is 0 Å². The van der Waals surface area contributed by atoms with Crippen LogP contribution in [0.3, 0.4) is 0 Å². The molecule has 0 aliphatic rings. The zero-order chi connectivity index (χ0) is 24.1. The third kappa shape index (κ3) is 6.02. The van der Waals surface area contributed by atoms with Crippen LogP contribution in [0.2, 0.25) is 15.1 Å². The molecule has 0 atom stereocenters. The van der Waals surface area contributed by atoms with Crippen LogP contribution in [0.1, 0.15) is 18.4 Å². The van der Waals surface area contributed by atoms with Gasteiger partial charge in [-0.2, -0.15) is 9.61 Å². The summed E-state index contributed by atoms with van der Waals surface area (Å²) in [6.07, 6.45) is 3.67. The summed E-state index contributed by atoms with van der Waals surface area (Å²) in [5.74, 6) is 0.766. The van der Waals surface area contributed by atoms with E-state index in [0.717, 1.165) is 40.0 Å². The Labute approximate surface area is 220 Å². The lowest BCUT2D eigenvalue weighted by Gasteiger charge is -2.12. The summed E-state index contributed by atoms with van der Waals surface area (Å²) in [4.78, 5) is 16.9. The SMILES string of the molecule is O=C(Cc1ccc(Cl)c(Cl)c1)NCCCCNc1cc(-c2ccccc2Cl)nc2c(Br)cnn12. The van der Waals surface area contributed by atoms with Crippen molar-refractivity contribution in [2.45, 2.75) is 19.3 Å². The van der Waals surface area contributed by atoms with Gasteiger partial charge in [-0.15, -0.1) is 0 Å². The van der Waals surface area contributed by atoms with Crippen molar-refractivity contribution >= 4 is 68.1 Å². The summed E-state index contributed by atoms with van der Waals surface area (Å²) in [5.41, 5.74) is 3.15. The van der Waals surface area contributed by atoms with Crippen molar-refractivity contribution in [2.24, 2.45) is 0 Å². The zero-order valence-electron chi connectivity index (χ0n) is 18.0. The Morgan fingerprint density at radius 2 is 1.76 bits per heavy atom. The minimum absolute atomic E-state index is 0.0482. The minimum Gasteiger partial charge on any atom is -0.370 e. The van der Waals surface area contributed by atoms with Gasteiger partial charge in [0, 0.05) is 29.7 Å². The van der Waals surface area contributed by atoms with Crippen molar-refractivity contribution in [1.82, 2.24) is 19.9 Å². The van der Waals surface area contributed by atoms with Crippen molar-refractivity contribution in [3.05, 3.63) is 79.8 Å². The number of nitrogens with one attached hydrogen (secondary N) is 2. The molecule has 4 aromatic rings. The molecule has 2 aromatic carbocycles. The predicted octanol–water partition coefficient (Wildman–Crippen LogP) is 6.67. The second kappa shape index (κ2) is 11.4. The van der Waals surface area contributed by atoms with E-state index in [2.05, 4.69) is 31.7 Å². The molecule has 1 amide bonds. The van der Waals surface area contributed by atoms with Crippen LogP contribution >= 0.6 is 50.7 Å². The quantitative estimate of drug-likeness (QED) is 0.217. The zero-order valence-corrected chi connectivity index (χ0v) is 21.8. The average molecular weight is 582 g/mol. The van der Waals surface area contributed by atoms with Gasteiger partial charge in [0.15, 0.2) is 5.65 Å². The Balaban J connectivity index is 1.31. The third-order valence-electron chi connectivity index (χ3n) is 5.16. The fourth-order valence-corrected chi connectivity index (χ4v) is 4.36. The molecule has 2 heterocycles. The second-order valence-corrected chi connectivity index (χ2v) is 9.72. The number of aromatic nitrogens is 3. The van der Waals surface area contributed by atoms with Gasteiger partial charge in [0.1, 0.15) is 5.82 Å². The number of carbonyl (C=O) groups is 1. The highest BCUT2D eigenvalue weighted by Gasteiger charge is 2.13. The number of amides is 1. The highest BCUT2D eigenvalue weighted by molar-refractivity contribution is 9.10. The van der Waals surface area contributed by atoms with Crippen LogP contribution in [-0.2, 0) is 11.2 Å². The Bertz CT molecular complexity index is 1330. The fourth-order valence-electron chi connectivity index (χ4n) is 3.46.